The fraction of sp³-hybridized carbons (Fsp3) is 0.667. The molecule has 1 unspecified atom stereocenters. The van der Waals surface area contributed by atoms with Crippen molar-refractivity contribution in [2.45, 2.75) is 30.5 Å². The highest BCUT2D eigenvalue weighted by Crippen LogP contribution is 2.22. The van der Waals surface area contributed by atoms with Crippen molar-refractivity contribution in [2.24, 2.45) is 0 Å². The highest BCUT2D eigenvalue weighted by Gasteiger charge is 2.19. The summed E-state index contributed by atoms with van der Waals surface area (Å²) in [4.78, 5) is 3.73. The molecule has 98 valence electrons. The second-order valence-corrected chi connectivity index (χ2v) is 8.39. The van der Waals surface area contributed by atoms with Crippen LogP contribution in [0.1, 0.15) is 20.3 Å². The van der Waals surface area contributed by atoms with Crippen LogP contribution in [-0.2, 0) is 10.0 Å². The van der Waals surface area contributed by atoms with E-state index in [9.17, 15) is 8.42 Å². The van der Waals surface area contributed by atoms with E-state index in [0.717, 1.165) is 29.3 Å². The lowest BCUT2D eigenvalue weighted by Crippen LogP contribution is -2.32. The molecule has 0 amide bonds. The van der Waals surface area contributed by atoms with Crippen molar-refractivity contribution in [3.05, 3.63) is 10.7 Å². The van der Waals surface area contributed by atoms with E-state index < -0.39 is 10.0 Å². The summed E-state index contributed by atoms with van der Waals surface area (Å²) in [6.07, 6.45) is 2.09. The molecule has 0 saturated carbocycles. The third-order valence-electron chi connectivity index (χ3n) is 1.98. The topological polar surface area (TPSA) is 59.1 Å². The monoisotopic (exact) mass is 314 g/mol. The van der Waals surface area contributed by atoms with Crippen molar-refractivity contribution in [1.29, 1.82) is 0 Å². The first-order valence-corrected chi connectivity index (χ1v) is 9.00. The number of halogens is 1. The second-order valence-electron chi connectivity index (χ2n) is 3.44. The average Bonchev–Trinajstić information content (AvgIpc) is 2.65. The number of hydrogen-bond donors (Lipinski definition) is 1. The van der Waals surface area contributed by atoms with E-state index in [1.54, 1.807) is 11.8 Å². The van der Waals surface area contributed by atoms with Gasteiger partial charge in [-0.05, 0) is 24.9 Å². The summed E-state index contributed by atoms with van der Waals surface area (Å²) in [6, 6.07) is -0.0834. The van der Waals surface area contributed by atoms with Crippen LogP contribution in [0.25, 0.3) is 0 Å². The quantitative estimate of drug-likeness (QED) is 0.786. The summed E-state index contributed by atoms with van der Waals surface area (Å²) in [6.45, 7) is 3.94. The van der Waals surface area contributed by atoms with E-state index in [4.69, 9.17) is 11.6 Å². The van der Waals surface area contributed by atoms with Crippen LogP contribution >= 0.6 is 34.7 Å². The highest BCUT2D eigenvalue weighted by molar-refractivity contribution is 7.99. The van der Waals surface area contributed by atoms with Gasteiger partial charge in [-0.15, -0.1) is 0 Å². The zero-order chi connectivity index (χ0) is 12.9. The minimum atomic E-state index is -3.46. The fourth-order valence-electron chi connectivity index (χ4n) is 1.15. The van der Waals surface area contributed by atoms with Crippen LogP contribution in [0.2, 0.25) is 4.47 Å². The number of sulfonamides is 1. The molecule has 1 rings (SSSR count). The number of nitrogens with zero attached hydrogens (tertiary/aromatic N) is 1. The number of thiazole rings is 1. The molecule has 1 aromatic rings. The highest BCUT2D eigenvalue weighted by atomic mass is 35.5. The summed E-state index contributed by atoms with van der Waals surface area (Å²) in [5, 5.41) is 0. The summed E-state index contributed by atoms with van der Waals surface area (Å²) in [5.41, 5.74) is 0. The molecule has 0 aliphatic rings. The Morgan fingerprint density at radius 1 is 1.65 bits per heavy atom. The minimum absolute atomic E-state index is 0.0834. The van der Waals surface area contributed by atoms with Crippen LogP contribution in [-0.4, -0.2) is 30.9 Å². The number of aromatic nitrogens is 1. The summed E-state index contributed by atoms with van der Waals surface area (Å²) in [5.74, 6) is 1.99. The summed E-state index contributed by atoms with van der Waals surface area (Å²) in [7, 11) is -3.46. The predicted octanol–water partition coefficient (Wildman–Crippen LogP) is 2.61. The van der Waals surface area contributed by atoms with Crippen LogP contribution in [0.4, 0.5) is 0 Å². The smallest absolute Gasteiger partial charge is 0.232 e. The molecule has 1 N–H and O–H groups in total. The first-order valence-electron chi connectivity index (χ1n) is 5.17. The maximum atomic E-state index is 11.9. The van der Waals surface area contributed by atoms with E-state index in [1.165, 1.54) is 6.20 Å². The van der Waals surface area contributed by atoms with E-state index in [-0.39, 0.29) is 14.7 Å². The van der Waals surface area contributed by atoms with Gasteiger partial charge in [-0.1, -0.05) is 29.9 Å². The molecule has 0 aromatic carbocycles. The SMILES string of the molecule is CCSCCC(C)NS(=O)(=O)c1cnc(Cl)s1. The first-order chi connectivity index (χ1) is 7.95. The summed E-state index contributed by atoms with van der Waals surface area (Å²) < 4.78 is 26.8. The maximum Gasteiger partial charge on any atom is 0.251 e. The molecule has 0 spiro atoms. The Balaban J connectivity index is 2.55. The Morgan fingerprint density at radius 2 is 2.35 bits per heavy atom. The largest absolute Gasteiger partial charge is 0.251 e. The van der Waals surface area contributed by atoms with Gasteiger partial charge in [0.1, 0.15) is 0 Å². The lowest BCUT2D eigenvalue weighted by molar-refractivity contribution is 0.559. The first kappa shape index (κ1) is 15.2. The molecule has 0 aliphatic carbocycles. The molecular formula is C9H15ClN2O2S3. The van der Waals surface area contributed by atoms with Gasteiger partial charge in [0.25, 0.3) is 10.0 Å². The van der Waals surface area contributed by atoms with E-state index in [1.807, 2.05) is 6.92 Å². The van der Waals surface area contributed by atoms with Gasteiger partial charge in [-0.3, -0.25) is 0 Å². The van der Waals surface area contributed by atoms with Gasteiger partial charge >= 0.3 is 0 Å². The van der Waals surface area contributed by atoms with E-state index in [2.05, 4.69) is 16.6 Å². The number of rotatable bonds is 7. The molecule has 1 aromatic heterocycles. The normalized spacial score (nSPS) is 13.8. The zero-order valence-electron chi connectivity index (χ0n) is 9.64. The van der Waals surface area contributed by atoms with Crippen molar-refractivity contribution >= 4 is 44.7 Å². The molecule has 1 atom stereocenters. The number of thioether (sulfide) groups is 1. The van der Waals surface area contributed by atoms with Gasteiger partial charge in [0.2, 0.25) is 0 Å². The molecule has 0 aliphatic heterocycles. The lowest BCUT2D eigenvalue weighted by Gasteiger charge is -2.12. The van der Waals surface area contributed by atoms with Gasteiger partial charge in [0.15, 0.2) is 8.68 Å². The van der Waals surface area contributed by atoms with Gasteiger partial charge in [0, 0.05) is 6.04 Å². The van der Waals surface area contributed by atoms with Gasteiger partial charge in [-0.2, -0.15) is 11.8 Å². The van der Waals surface area contributed by atoms with Crippen molar-refractivity contribution < 1.29 is 8.42 Å². The predicted molar refractivity (Wildman–Crippen MR) is 74.5 cm³/mol. The average molecular weight is 315 g/mol. The Labute approximate surface area is 115 Å². The molecule has 17 heavy (non-hydrogen) atoms. The van der Waals surface area contributed by atoms with Gasteiger partial charge in [-0.25, -0.2) is 18.1 Å². The molecular weight excluding hydrogens is 300 g/mol. The molecule has 0 bridgehead atoms. The van der Waals surface area contributed by atoms with Crippen LogP contribution in [0.15, 0.2) is 10.4 Å². The second kappa shape index (κ2) is 6.94. The van der Waals surface area contributed by atoms with Crippen molar-refractivity contribution in [2.75, 3.05) is 11.5 Å². The van der Waals surface area contributed by atoms with Gasteiger partial charge in [0.05, 0.1) is 6.20 Å². The summed E-state index contributed by atoms with van der Waals surface area (Å²) >= 11 is 8.38. The van der Waals surface area contributed by atoms with Crippen LogP contribution in [0.3, 0.4) is 0 Å². The molecule has 8 heteroatoms. The van der Waals surface area contributed by atoms with E-state index >= 15 is 0 Å². The Morgan fingerprint density at radius 3 is 2.88 bits per heavy atom. The van der Waals surface area contributed by atoms with Gasteiger partial charge < -0.3 is 0 Å². The number of hydrogen-bond acceptors (Lipinski definition) is 5. The molecule has 1 heterocycles. The molecule has 0 radical (unpaired) electrons. The standard InChI is InChI=1S/C9H15ClN2O2S3/c1-3-15-5-4-7(2)12-17(13,14)8-6-11-9(10)16-8/h6-7,12H,3-5H2,1-2H3. The Bertz CT molecular complexity index is 447. The van der Waals surface area contributed by atoms with Crippen LogP contribution in [0.5, 0.6) is 0 Å². The van der Waals surface area contributed by atoms with Crippen molar-refractivity contribution in [1.82, 2.24) is 9.71 Å². The minimum Gasteiger partial charge on any atom is -0.232 e. The third kappa shape index (κ3) is 5.13. The maximum absolute atomic E-state index is 11.9. The molecule has 0 fully saturated rings. The van der Waals surface area contributed by atoms with Crippen LogP contribution in [0, 0.1) is 0 Å². The third-order valence-corrected chi connectivity index (χ3v) is 6.07. The number of nitrogens with one attached hydrogen (secondary N) is 1. The fourth-order valence-corrected chi connectivity index (χ4v) is 4.55. The lowest BCUT2D eigenvalue weighted by atomic mass is 10.3. The molecule has 0 saturated heterocycles. The Hall–Kier alpha value is 0.180. The van der Waals surface area contributed by atoms with Crippen molar-refractivity contribution in [3.63, 3.8) is 0 Å². The molecule has 4 nitrogen and oxygen atoms in total. The van der Waals surface area contributed by atoms with Crippen LogP contribution < -0.4 is 4.72 Å². The zero-order valence-corrected chi connectivity index (χ0v) is 12.8. The van der Waals surface area contributed by atoms with Crippen molar-refractivity contribution in [3.8, 4) is 0 Å². The van der Waals surface area contributed by atoms with E-state index in [0.29, 0.717) is 0 Å². The Kier molecular flexibility index (Phi) is 6.22.